The standard InChI is InChI=1S/C15H17N3O5/c1-15(2,3)22-14(20)18(10-8-6-5-7-9-10)13(19)11-12(21-4)17-23-16-11/h5-9H,1-4H3. The summed E-state index contributed by atoms with van der Waals surface area (Å²) in [5.74, 6) is -0.872. The van der Waals surface area contributed by atoms with E-state index in [4.69, 9.17) is 9.47 Å². The van der Waals surface area contributed by atoms with Crippen molar-refractivity contribution in [2.45, 2.75) is 26.4 Å². The average Bonchev–Trinajstić information content (AvgIpc) is 2.95. The van der Waals surface area contributed by atoms with E-state index in [1.54, 1.807) is 51.1 Å². The van der Waals surface area contributed by atoms with Crippen LogP contribution in [-0.2, 0) is 4.74 Å². The van der Waals surface area contributed by atoms with Gasteiger partial charge in [0, 0.05) is 0 Å². The van der Waals surface area contributed by atoms with Crippen molar-refractivity contribution in [1.29, 1.82) is 0 Å². The van der Waals surface area contributed by atoms with Gasteiger partial charge in [0.25, 0.3) is 11.8 Å². The quantitative estimate of drug-likeness (QED) is 0.858. The first-order chi connectivity index (χ1) is 10.8. The molecule has 2 aromatic rings. The Morgan fingerprint density at radius 3 is 2.35 bits per heavy atom. The number of anilines is 1. The Labute approximate surface area is 132 Å². The van der Waals surface area contributed by atoms with Gasteiger partial charge in [-0.3, -0.25) is 4.79 Å². The van der Waals surface area contributed by atoms with Gasteiger partial charge in [-0.25, -0.2) is 14.3 Å². The zero-order valence-corrected chi connectivity index (χ0v) is 13.3. The zero-order chi connectivity index (χ0) is 17.0. The van der Waals surface area contributed by atoms with Crippen molar-refractivity contribution in [3.05, 3.63) is 36.0 Å². The molecule has 0 N–H and O–H groups in total. The first-order valence-electron chi connectivity index (χ1n) is 6.82. The van der Waals surface area contributed by atoms with Crippen molar-refractivity contribution >= 4 is 17.7 Å². The summed E-state index contributed by atoms with van der Waals surface area (Å²) < 4.78 is 14.7. The zero-order valence-electron chi connectivity index (χ0n) is 13.3. The molecule has 122 valence electrons. The molecule has 1 aromatic heterocycles. The van der Waals surface area contributed by atoms with Gasteiger partial charge in [-0.1, -0.05) is 18.2 Å². The molecule has 8 heteroatoms. The van der Waals surface area contributed by atoms with E-state index in [-0.39, 0.29) is 11.6 Å². The number of amides is 2. The predicted molar refractivity (Wildman–Crippen MR) is 80.3 cm³/mol. The van der Waals surface area contributed by atoms with Crippen LogP contribution >= 0.6 is 0 Å². The van der Waals surface area contributed by atoms with E-state index < -0.39 is 17.6 Å². The van der Waals surface area contributed by atoms with Crippen molar-refractivity contribution in [3.63, 3.8) is 0 Å². The second-order valence-corrected chi connectivity index (χ2v) is 5.58. The highest BCUT2D eigenvalue weighted by Crippen LogP contribution is 2.23. The smallest absolute Gasteiger partial charge is 0.422 e. The minimum atomic E-state index is -0.834. The van der Waals surface area contributed by atoms with Crippen LogP contribution in [-0.4, -0.2) is 35.0 Å². The molecule has 1 aromatic carbocycles. The molecule has 0 aliphatic carbocycles. The van der Waals surface area contributed by atoms with Crippen LogP contribution < -0.4 is 9.64 Å². The summed E-state index contributed by atoms with van der Waals surface area (Å²) in [6, 6.07) is 8.35. The molecule has 8 nitrogen and oxygen atoms in total. The maximum absolute atomic E-state index is 12.7. The third-order valence-electron chi connectivity index (χ3n) is 2.65. The Morgan fingerprint density at radius 2 is 1.78 bits per heavy atom. The predicted octanol–water partition coefficient (Wildman–Crippen LogP) is 2.66. The van der Waals surface area contributed by atoms with E-state index in [0.717, 1.165) is 4.90 Å². The molecule has 0 saturated carbocycles. The summed E-state index contributed by atoms with van der Waals surface area (Å²) in [5.41, 5.74) is -0.657. The number of carbonyl (C=O) groups is 2. The van der Waals surface area contributed by atoms with Crippen LogP contribution in [0, 0.1) is 0 Å². The van der Waals surface area contributed by atoms with Gasteiger partial charge in [0.15, 0.2) is 0 Å². The Balaban J connectivity index is 2.42. The SMILES string of the molecule is COc1nonc1C(=O)N(C(=O)OC(C)(C)C)c1ccccc1. The minimum absolute atomic E-state index is 0.112. The third-order valence-corrected chi connectivity index (χ3v) is 2.65. The highest BCUT2D eigenvalue weighted by molar-refractivity contribution is 6.19. The molecule has 2 amide bonds. The maximum atomic E-state index is 12.7. The van der Waals surface area contributed by atoms with Gasteiger partial charge in [0.1, 0.15) is 5.60 Å². The first-order valence-corrected chi connectivity index (χ1v) is 6.82. The third kappa shape index (κ3) is 3.85. The van der Waals surface area contributed by atoms with E-state index in [1.165, 1.54) is 7.11 Å². The lowest BCUT2D eigenvalue weighted by Crippen LogP contribution is -2.41. The second-order valence-electron chi connectivity index (χ2n) is 5.58. The fourth-order valence-electron chi connectivity index (χ4n) is 1.74. The molecule has 0 atom stereocenters. The Hall–Kier alpha value is -2.90. The van der Waals surface area contributed by atoms with Gasteiger partial charge in [0.2, 0.25) is 5.69 Å². The van der Waals surface area contributed by atoms with Crippen LogP contribution in [0.2, 0.25) is 0 Å². The number of rotatable bonds is 3. The number of imide groups is 1. The van der Waals surface area contributed by atoms with Gasteiger partial charge < -0.3 is 9.47 Å². The lowest BCUT2D eigenvalue weighted by Gasteiger charge is -2.25. The van der Waals surface area contributed by atoms with E-state index in [2.05, 4.69) is 14.9 Å². The van der Waals surface area contributed by atoms with E-state index in [9.17, 15) is 9.59 Å². The highest BCUT2D eigenvalue weighted by Gasteiger charge is 2.33. The number of nitrogens with zero attached hydrogens (tertiary/aromatic N) is 3. The summed E-state index contributed by atoms with van der Waals surface area (Å²) in [6.45, 7) is 5.12. The molecular weight excluding hydrogens is 302 g/mol. The van der Waals surface area contributed by atoms with Crippen LogP contribution in [0.1, 0.15) is 31.3 Å². The molecule has 0 saturated heterocycles. The number of ether oxygens (including phenoxy) is 2. The fraction of sp³-hybridized carbons (Fsp3) is 0.333. The number of hydrogen-bond donors (Lipinski definition) is 0. The second kappa shape index (κ2) is 6.47. The first kappa shape index (κ1) is 16.5. The van der Waals surface area contributed by atoms with Crippen LogP contribution in [0.4, 0.5) is 10.5 Å². The summed E-state index contributed by atoms with van der Waals surface area (Å²) >= 11 is 0. The highest BCUT2D eigenvalue weighted by atomic mass is 16.6. The number of methoxy groups -OCH3 is 1. The van der Waals surface area contributed by atoms with Crippen LogP contribution in [0.5, 0.6) is 5.88 Å². The van der Waals surface area contributed by atoms with Crippen LogP contribution in [0.15, 0.2) is 35.0 Å². The minimum Gasteiger partial charge on any atom is -0.477 e. The molecule has 1 heterocycles. The van der Waals surface area contributed by atoms with Crippen molar-refractivity contribution < 1.29 is 23.7 Å². The van der Waals surface area contributed by atoms with Gasteiger partial charge >= 0.3 is 6.09 Å². The average molecular weight is 319 g/mol. The van der Waals surface area contributed by atoms with E-state index in [0.29, 0.717) is 5.69 Å². The largest absolute Gasteiger partial charge is 0.477 e. The normalized spacial score (nSPS) is 11.0. The molecule has 0 aliphatic heterocycles. The fourth-order valence-corrected chi connectivity index (χ4v) is 1.74. The molecule has 0 radical (unpaired) electrons. The van der Waals surface area contributed by atoms with Gasteiger partial charge in [-0.2, -0.15) is 0 Å². The Bertz CT molecular complexity index is 691. The van der Waals surface area contributed by atoms with Crippen LogP contribution in [0.25, 0.3) is 0 Å². The summed E-state index contributed by atoms with van der Waals surface area (Å²) in [7, 11) is 1.32. The molecular formula is C15H17N3O5. The Kier molecular flexibility index (Phi) is 4.63. The molecule has 0 bridgehead atoms. The van der Waals surface area contributed by atoms with Gasteiger partial charge in [0.05, 0.1) is 12.8 Å². The summed E-state index contributed by atoms with van der Waals surface area (Å²) in [5, 5.41) is 6.96. The van der Waals surface area contributed by atoms with Crippen LogP contribution in [0.3, 0.4) is 0 Å². The Morgan fingerprint density at radius 1 is 1.13 bits per heavy atom. The topological polar surface area (TPSA) is 94.8 Å². The van der Waals surface area contributed by atoms with Crippen molar-refractivity contribution in [1.82, 2.24) is 10.3 Å². The maximum Gasteiger partial charge on any atom is 0.422 e. The van der Waals surface area contributed by atoms with E-state index >= 15 is 0 Å². The van der Waals surface area contributed by atoms with Gasteiger partial charge in [-0.15, -0.1) is 0 Å². The lowest BCUT2D eigenvalue weighted by atomic mass is 10.2. The number of hydrogen-bond acceptors (Lipinski definition) is 7. The molecule has 2 rings (SSSR count). The molecule has 0 aliphatic rings. The summed E-state index contributed by atoms with van der Waals surface area (Å²) in [4.78, 5) is 26.0. The van der Waals surface area contributed by atoms with Gasteiger partial charge in [-0.05, 0) is 43.2 Å². The van der Waals surface area contributed by atoms with Crippen molar-refractivity contribution in [2.75, 3.05) is 12.0 Å². The molecule has 0 unspecified atom stereocenters. The molecule has 23 heavy (non-hydrogen) atoms. The monoisotopic (exact) mass is 319 g/mol. The number of para-hydroxylation sites is 1. The lowest BCUT2D eigenvalue weighted by molar-refractivity contribution is 0.0563. The molecule has 0 spiro atoms. The number of aromatic nitrogens is 2. The molecule has 0 fully saturated rings. The van der Waals surface area contributed by atoms with E-state index in [1.807, 2.05) is 0 Å². The van der Waals surface area contributed by atoms with Crippen molar-refractivity contribution in [3.8, 4) is 5.88 Å². The summed E-state index contributed by atoms with van der Waals surface area (Å²) in [6.07, 6.45) is -0.834. The van der Waals surface area contributed by atoms with Crippen molar-refractivity contribution in [2.24, 2.45) is 0 Å². The number of carbonyl (C=O) groups excluding carboxylic acids is 2. The number of benzene rings is 1.